The van der Waals surface area contributed by atoms with Crippen molar-refractivity contribution in [2.75, 3.05) is 11.9 Å². The lowest BCUT2D eigenvalue weighted by molar-refractivity contribution is 0.103. The van der Waals surface area contributed by atoms with Crippen LogP contribution >= 0.6 is 11.6 Å². The second kappa shape index (κ2) is 5.65. The normalized spacial score (nSPS) is 10.1. The molecule has 1 N–H and O–H groups in total. The number of carbonyl (C=O) groups excluding carboxylic acids is 1. The fourth-order valence-electron chi connectivity index (χ4n) is 1.67. The van der Waals surface area contributed by atoms with Crippen LogP contribution in [0.5, 0.6) is 0 Å². The van der Waals surface area contributed by atoms with Crippen LogP contribution in [0, 0.1) is 0 Å². The van der Waals surface area contributed by atoms with Crippen LogP contribution in [0.25, 0.3) is 0 Å². The number of benzene rings is 1. The predicted molar refractivity (Wildman–Crippen MR) is 73.3 cm³/mol. The Balaban J connectivity index is 2.43. The number of halogens is 1. The molecule has 0 amide bonds. The minimum atomic E-state index is -0.131. The smallest absolute Gasteiger partial charge is 0.213 e. The van der Waals surface area contributed by atoms with E-state index in [9.17, 15) is 4.79 Å². The largest absolute Gasteiger partial charge is 0.383 e. The second-order valence-corrected chi connectivity index (χ2v) is 4.14. The number of rotatable bonds is 4. The van der Waals surface area contributed by atoms with Crippen LogP contribution in [0.4, 0.5) is 5.69 Å². The molecule has 18 heavy (non-hydrogen) atoms. The Labute approximate surface area is 111 Å². The van der Waals surface area contributed by atoms with Gasteiger partial charge < -0.3 is 5.32 Å². The number of hydrogen-bond donors (Lipinski definition) is 1. The molecule has 4 heteroatoms. The number of nitrogens with zero attached hydrogens (tertiary/aromatic N) is 1. The van der Waals surface area contributed by atoms with E-state index in [0.717, 1.165) is 6.54 Å². The molecule has 0 spiro atoms. The van der Waals surface area contributed by atoms with Crippen LogP contribution < -0.4 is 5.32 Å². The fourth-order valence-corrected chi connectivity index (χ4v) is 1.82. The van der Waals surface area contributed by atoms with E-state index in [-0.39, 0.29) is 5.78 Å². The van der Waals surface area contributed by atoms with Crippen molar-refractivity contribution in [3.05, 3.63) is 58.9 Å². The molecule has 2 aromatic rings. The summed E-state index contributed by atoms with van der Waals surface area (Å²) in [5.41, 5.74) is 1.66. The van der Waals surface area contributed by atoms with E-state index in [1.807, 2.05) is 25.1 Å². The SMILES string of the molecule is CCNc1ccc(Cl)nc1C(=O)c1ccccc1. The molecule has 1 aromatic heterocycles. The van der Waals surface area contributed by atoms with Gasteiger partial charge >= 0.3 is 0 Å². The lowest BCUT2D eigenvalue weighted by Gasteiger charge is -2.09. The Kier molecular flexibility index (Phi) is 3.95. The zero-order chi connectivity index (χ0) is 13.0. The highest BCUT2D eigenvalue weighted by Gasteiger charge is 2.15. The third-order valence-corrected chi connectivity index (χ3v) is 2.69. The molecule has 0 atom stereocenters. The summed E-state index contributed by atoms with van der Waals surface area (Å²) in [6, 6.07) is 12.5. The second-order valence-electron chi connectivity index (χ2n) is 3.76. The number of aromatic nitrogens is 1. The number of pyridine rings is 1. The molecule has 1 heterocycles. The van der Waals surface area contributed by atoms with Crippen molar-refractivity contribution in [1.29, 1.82) is 0 Å². The summed E-state index contributed by atoms with van der Waals surface area (Å²) in [4.78, 5) is 16.5. The molecule has 92 valence electrons. The number of anilines is 1. The summed E-state index contributed by atoms with van der Waals surface area (Å²) in [5.74, 6) is -0.131. The van der Waals surface area contributed by atoms with Gasteiger partial charge in [-0.2, -0.15) is 0 Å². The molecule has 0 aliphatic rings. The Morgan fingerprint density at radius 1 is 1.22 bits per heavy atom. The first-order chi connectivity index (χ1) is 8.72. The molecule has 2 rings (SSSR count). The lowest BCUT2D eigenvalue weighted by atomic mass is 10.1. The van der Waals surface area contributed by atoms with Gasteiger partial charge in [0.1, 0.15) is 10.8 Å². The Bertz CT molecular complexity index is 555. The third kappa shape index (κ3) is 2.68. The summed E-state index contributed by atoms with van der Waals surface area (Å²) in [6.45, 7) is 2.68. The zero-order valence-corrected chi connectivity index (χ0v) is 10.7. The molecular formula is C14H13ClN2O. The average molecular weight is 261 g/mol. The van der Waals surface area contributed by atoms with Gasteiger partial charge in [0.2, 0.25) is 5.78 Å². The van der Waals surface area contributed by atoms with E-state index in [1.54, 1.807) is 24.3 Å². The van der Waals surface area contributed by atoms with Crippen molar-refractivity contribution in [2.24, 2.45) is 0 Å². The van der Waals surface area contributed by atoms with Crippen molar-refractivity contribution in [3.63, 3.8) is 0 Å². The number of carbonyl (C=O) groups is 1. The first-order valence-corrected chi connectivity index (χ1v) is 6.10. The van der Waals surface area contributed by atoms with Crippen LogP contribution in [0.2, 0.25) is 5.15 Å². The molecule has 0 bridgehead atoms. The summed E-state index contributed by atoms with van der Waals surface area (Å²) in [6.07, 6.45) is 0. The molecule has 0 radical (unpaired) electrons. The van der Waals surface area contributed by atoms with Gasteiger partial charge in [0.05, 0.1) is 5.69 Å². The van der Waals surface area contributed by atoms with Gasteiger partial charge in [-0.05, 0) is 19.1 Å². The maximum absolute atomic E-state index is 12.3. The molecule has 0 fully saturated rings. The van der Waals surface area contributed by atoms with Crippen LogP contribution in [0.3, 0.4) is 0 Å². The van der Waals surface area contributed by atoms with Crippen LogP contribution in [0.15, 0.2) is 42.5 Å². The van der Waals surface area contributed by atoms with Crippen molar-refractivity contribution >= 4 is 23.1 Å². The van der Waals surface area contributed by atoms with E-state index in [0.29, 0.717) is 22.1 Å². The molecule has 0 saturated heterocycles. The first kappa shape index (κ1) is 12.6. The topological polar surface area (TPSA) is 42.0 Å². The predicted octanol–water partition coefficient (Wildman–Crippen LogP) is 3.40. The highest BCUT2D eigenvalue weighted by Crippen LogP contribution is 2.20. The van der Waals surface area contributed by atoms with Gasteiger partial charge in [-0.3, -0.25) is 4.79 Å². The van der Waals surface area contributed by atoms with E-state index in [2.05, 4.69) is 10.3 Å². The summed E-state index contributed by atoms with van der Waals surface area (Å²) in [7, 11) is 0. The van der Waals surface area contributed by atoms with E-state index in [4.69, 9.17) is 11.6 Å². The quantitative estimate of drug-likeness (QED) is 0.677. The van der Waals surface area contributed by atoms with Crippen molar-refractivity contribution in [2.45, 2.75) is 6.92 Å². The van der Waals surface area contributed by atoms with Crippen LogP contribution in [0.1, 0.15) is 23.0 Å². The van der Waals surface area contributed by atoms with E-state index < -0.39 is 0 Å². The van der Waals surface area contributed by atoms with Gasteiger partial charge in [0.25, 0.3) is 0 Å². The van der Waals surface area contributed by atoms with Gasteiger partial charge in [0.15, 0.2) is 0 Å². The summed E-state index contributed by atoms with van der Waals surface area (Å²) >= 11 is 5.86. The third-order valence-electron chi connectivity index (χ3n) is 2.48. The van der Waals surface area contributed by atoms with E-state index in [1.165, 1.54) is 0 Å². The molecule has 3 nitrogen and oxygen atoms in total. The number of hydrogen-bond acceptors (Lipinski definition) is 3. The minimum absolute atomic E-state index is 0.131. The molecule has 1 aromatic carbocycles. The average Bonchev–Trinajstić information content (AvgIpc) is 2.41. The monoisotopic (exact) mass is 260 g/mol. The van der Waals surface area contributed by atoms with Gasteiger partial charge in [0, 0.05) is 12.1 Å². The maximum atomic E-state index is 12.3. The standard InChI is InChI=1S/C14H13ClN2O/c1-2-16-11-8-9-12(15)17-13(11)14(18)10-6-4-3-5-7-10/h3-9,16H,2H2,1H3. The molecule has 0 unspecified atom stereocenters. The lowest BCUT2D eigenvalue weighted by Crippen LogP contribution is -2.10. The fraction of sp³-hybridized carbons (Fsp3) is 0.143. The molecular weight excluding hydrogens is 248 g/mol. The highest BCUT2D eigenvalue weighted by atomic mass is 35.5. The van der Waals surface area contributed by atoms with Gasteiger partial charge in [-0.15, -0.1) is 0 Å². The maximum Gasteiger partial charge on any atom is 0.213 e. The molecule has 0 aliphatic carbocycles. The van der Waals surface area contributed by atoms with Crippen molar-refractivity contribution in [3.8, 4) is 0 Å². The zero-order valence-electron chi connectivity index (χ0n) is 9.98. The minimum Gasteiger partial charge on any atom is -0.383 e. The van der Waals surface area contributed by atoms with Crippen molar-refractivity contribution in [1.82, 2.24) is 4.98 Å². The van der Waals surface area contributed by atoms with Gasteiger partial charge in [-0.1, -0.05) is 41.9 Å². The van der Waals surface area contributed by atoms with Gasteiger partial charge in [-0.25, -0.2) is 4.98 Å². The number of nitrogens with one attached hydrogen (secondary N) is 1. The number of ketones is 1. The molecule has 0 aliphatic heterocycles. The summed E-state index contributed by atoms with van der Waals surface area (Å²) in [5, 5.41) is 3.43. The van der Waals surface area contributed by atoms with Crippen molar-refractivity contribution < 1.29 is 4.79 Å². The Hall–Kier alpha value is -1.87. The first-order valence-electron chi connectivity index (χ1n) is 5.72. The Morgan fingerprint density at radius 3 is 2.61 bits per heavy atom. The summed E-state index contributed by atoms with van der Waals surface area (Å²) < 4.78 is 0. The van der Waals surface area contributed by atoms with E-state index >= 15 is 0 Å². The van der Waals surface area contributed by atoms with Crippen LogP contribution in [-0.4, -0.2) is 17.3 Å². The Morgan fingerprint density at radius 2 is 1.94 bits per heavy atom. The highest BCUT2D eigenvalue weighted by molar-refractivity contribution is 6.29. The van der Waals surface area contributed by atoms with Crippen LogP contribution in [-0.2, 0) is 0 Å². The molecule has 0 saturated carbocycles.